The monoisotopic (exact) mass is 134 g/mol. The van der Waals surface area contributed by atoms with Crippen molar-refractivity contribution in [2.45, 2.75) is 25.7 Å². The van der Waals surface area contributed by atoms with Crippen LogP contribution in [-0.2, 0) is 0 Å². The predicted molar refractivity (Wildman–Crippen MR) is 41.6 cm³/mol. The lowest BCUT2D eigenvalue weighted by Crippen LogP contribution is -2.16. The SMILES string of the molecule is C1=C[C@@H]2[C@H]3CC[C@H](C3)[C@@H]2C1. The lowest BCUT2D eigenvalue weighted by Gasteiger charge is -2.23. The van der Waals surface area contributed by atoms with Crippen LogP contribution in [-0.4, -0.2) is 0 Å². The van der Waals surface area contributed by atoms with Crippen LogP contribution in [0, 0.1) is 23.7 Å². The van der Waals surface area contributed by atoms with Gasteiger partial charge in [0.15, 0.2) is 0 Å². The molecule has 2 saturated carbocycles. The van der Waals surface area contributed by atoms with Gasteiger partial charge in [0.1, 0.15) is 0 Å². The van der Waals surface area contributed by atoms with E-state index in [1.54, 1.807) is 12.8 Å². The van der Waals surface area contributed by atoms with E-state index < -0.39 is 0 Å². The smallest absolute Gasteiger partial charge is 0.0171 e. The molecule has 0 aromatic heterocycles. The summed E-state index contributed by atoms with van der Waals surface area (Å²) in [4.78, 5) is 0. The zero-order valence-electron chi connectivity index (χ0n) is 6.29. The van der Waals surface area contributed by atoms with Crippen molar-refractivity contribution < 1.29 is 0 Å². The van der Waals surface area contributed by atoms with Crippen LogP contribution in [0.25, 0.3) is 0 Å². The van der Waals surface area contributed by atoms with E-state index in [1.807, 2.05) is 0 Å². The minimum atomic E-state index is 1.03. The van der Waals surface area contributed by atoms with E-state index in [1.165, 1.54) is 12.8 Å². The zero-order chi connectivity index (χ0) is 6.55. The molecule has 0 aromatic carbocycles. The summed E-state index contributed by atoms with van der Waals surface area (Å²) in [5.41, 5.74) is 0. The highest BCUT2D eigenvalue weighted by molar-refractivity contribution is 5.11. The molecule has 0 aliphatic heterocycles. The minimum absolute atomic E-state index is 1.03. The number of rotatable bonds is 0. The van der Waals surface area contributed by atoms with E-state index >= 15 is 0 Å². The Kier molecular flexibility index (Phi) is 0.898. The second-order valence-corrected chi connectivity index (χ2v) is 4.24. The Labute approximate surface area is 62.3 Å². The highest BCUT2D eigenvalue weighted by Crippen LogP contribution is 2.56. The van der Waals surface area contributed by atoms with Crippen LogP contribution >= 0.6 is 0 Å². The number of allylic oxidation sites excluding steroid dienone is 2. The molecule has 0 heterocycles. The number of hydrogen-bond acceptors (Lipinski definition) is 0. The summed E-state index contributed by atoms with van der Waals surface area (Å²) in [5.74, 6) is 4.36. The maximum absolute atomic E-state index is 2.49. The Morgan fingerprint density at radius 1 is 1.10 bits per heavy atom. The molecule has 0 N–H and O–H groups in total. The topological polar surface area (TPSA) is 0 Å². The Hall–Kier alpha value is -0.260. The molecule has 10 heavy (non-hydrogen) atoms. The summed E-state index contributed by atoms with van der Waals surface area (Å²) in [6, 6.07) is 0. The summed E-state index contributed by atoms with van der Waals surface area (Å²) >= 11 is 0. The summed E-state index contributed by atoms with van der Waals surface area (Å²) in [7, 11) is 0. The average Bonchev–Trinajstić information content (AvgIpc) is 2.60. The summed E-state index contributed by atoms with van der Waals surface area (Å²) in [6.07, 6.45) is 11.0. The van der Waals surface area contributed by atoms with Gasteiger partial charge in [0.05, 0.1) is 0 Å². The van der Waals surface area contributed by atoms with Gasteiger partial charge in [-0.15, -0.1) is 0 Å². The molecule has 3 aliphatic carbocycles. The molecule has 0 nitrogen and oxygen atoms in total. The van der Waals surface area contributed by atoms with E-state index in [-0.39, 0.29) is 0 Å². The quantitative estimate of drug-likeness (QED) is 0.447. The van der Waals surface area contributed by atoms with Crippen molar-refractivity contribution in [1.82, 2.24) is 0 Å². The average molecular weight is 134 g/mol. The Balaban J connectivity index is 1.97. The van der Waals surface area contributed by atoms with Crippen LogP contribution in [0.1, 0.15) is 25.7 Å². The van der Waals surface area contributed by atoms with Gasteiger partial charge in [-0.05, 0) is 49.4 Å². The third-order valence-corrected chi connectivity index (χ3v) is 3.92. The molecule has 0 heteroatoms. The van der Waals surface area contributed by atoms with Crippen molar-refractivity contribution in [3.63, 3.8) is 0 Å². The van der Waals surface area contributed by atoms with Gasteiger partial charge in [-0.1, -0.05) is 12.2 Å². The lowest BCUT2D eigenvalue weighted by molar-refractivity contribution is 0.285. The molecule has 0 aromatic rings. The van der Waals surface area contributed by atoms with E-state index in [0.717, 1.165) is 23.7 Å². The summed E-state index contributed by atoms with van der Waals surface area (Å²) in [6.45, 7) is 0. The van der Waals surface area contributed by atoms with E-state index in [2.05, 4.69) is 12.2 Å². The Morgan fingerprint density at radius 2 is 2.00 bits per heavy atom. The number of hydrogen-bond donors (Lipinski definition) is 0. The van der Waals surface area contributed by atoms with Gasteiger partial charge in [-0.25, -0.2) is 0 Å². The van der Waals surface area contributed by atoms with E-state index in [0.29, 0.717) is 0 Å². The van der Waals surface area contributed by atoms with Gasteiger partial charge in [0.2, 0.25) is 0 Å². The fourth-order valence-corrected chi connectivity index (χ4v) is 3.50. The highest BCUT2D eigenvalue weighted by atomic mass is 14.5. The lowest BCUT2D eigenvalue weighted by atomic mass is 9.82. The second kappa shape index (κ2) is 1.66. The summed E-state index contributed by atoms with van der Waals surface area (Å²) in [5, 5.41) is 0. The maximum Gasteiger partial charge on any atom is -0.0171 e. The first-order chi connectivity index (χ1) is 4.95. The molecule has 0 saturated heterocycles. The predicted octanol–water partition coefficient (Wildman–Crippen LogP) is 2.61. The first-order valence-corrected chi connectivity index (χ1v) is 4.62. The van der Waals surface area contributed by atoms with Crippen LogP contribution in [0.4, 0.5) is 0 Å². The van der Waals surface area contributed by atoms with Crippen molar-refractivity contribution in [2.24, 2.45) is 23.7 Å². The zero-order valence-corrected chi connectivity index (χ0v) is 6.29. The third-order valence-electron chi connectivity index (χ3n) is 3.92. The normalized spacial score (nSPS) is 56.0. The van der Waals surface area contributed by atoms with Crippen LogP contribution in [0.2, 0.25) is 0 Å². The van der Waals surface area contributed by atoms with Gasteiger partial charge in [0.25, 0.3) is 0 Å². The Morgan fingerprint density at radius 3 is 2.90 bits per heavy atom. The molecule has 0 spiro atoms. The van der Waals surface area contributed by atoms with Crippen molar-refractivity contribution in [1.29, 1.82) is 0 Å². The van der Waals surface area contributed by atoms with Crippen LogP contribution in [0.3, 0.4) is 0 Å². The van der Waals surface area contributed by atoms with Crippen LogP contribution in [0.5, 0.6) is 0 Å². The van der Waals surface area contributed by atoms with E-state index in [9.17, 15) is 0 Å². The first-order valence-electron chi connectivity index (χ1n) is 4.62. The van der Waals surface area contributed by atoms with Crippen molar-refractivity contribution in [3.8, 4) is 0 Å². The van der Waals surface area contributed by atoms with Gasteiger partial charge >= 0.3 is 0 Å². The molecule has 0 radical (unpaired) electrons. The Bertz CT molecular complexity index is 180. The van der Waals surface area contributed by atoms with Crippen LogP contribution < -0.4 is 0 Å². The van der Waals surface area contributed by atoms with Crippen molar-refractivity contribution in [2.75, 3.05) is 0 Å². The fourth-order valence-electron chi connectivity index (χ4n) is 3.50. The molecule has 3 rings (SSSR count). The highest BCUT2D eigenvalue weighted by Gasteiger charge is 2.47. The molecular weight excluding hydrogens is 120 g/mol. The fraction of sp³-hybridized carbons (Fsp3) is 0.800. The van der Waals surface area contributed by atoms with Gasteiger partial charge in [-0.3, -0.25) is 0 Å². The number of fused-ring (bicyclic) bond motifs is 5. The standard InChI is InChI=1S/C10H14/c1-2-9-7-4-5-8(6-7)10(9)3-1/h1-2,7-10H,3-6H2/t7-,8+,9+,10-/m0/s1. The van der Waals surface area contributed by atoms with Crippen molar-refractivity contribution >= 4 is 0 Å². The largest absolute Gasteiger partial charge is 0.0879 e. The third kappa shape index (κ3) is 0.492. The second-order valence-electron chi connectivity index (χ2n) is 4.24. The van der Waals surface area contributed by atoms with Gasteiger partial charge < -0.3 is 0 Å². The summed E-state index contributed by atoms with van der Waals surface area (Å²) < 4.78 is 0. The molecule has 2 bridgehead atoms. The van der Waals surface area contributed by atoms with Crippen molar-refractivity contribution in [3.05, 3.63) is 12.2 Å². The molecular formula is C10H14. The minimum Gasteiger partial charge on any atom is -0.0879 e. The molecule has 3 aliphatic rings. The first kappa shape index (κ1) is 5.40. The molecule has 0 amide bonds. The van der Waals surface area contributed by atoms with E-state index in [4.69, 9.17) is 0 Å². The molecule has 2 fully saturated rings. The molecule has 54 valence electrons. The molecule has 0 unspecified atom stereocenters. The van der Waals surface area contributed by atoms with Crippen LogP contribution in [0.15, 0.2) is 12.2 Å². The molecule has 4 atom stereocenters. The van der Waals surface area contributed by atoms with Gasteiger partial charge in [0, 0.05) is 0 Å². The van der Waals surface area contributed by atoms with Gasteiger partial charge in [-0.2, -0.15) is 0 Å². The maximum atomic E-state index is 2.49.